The maximum absolute atomic E-state index is 13.3. The third kappa shape index (κ3) is 2.98. The number of nitrogens with zero attached hydrogens (tertiary/aromatic N) is 1. The number of hydrogen-bond acceptors (Lipinski definition) is 4. The van der Waals surface area contributed by atoms with Crippen molar-refractivity contribution < 1.29 is 14.8 Å². The van der Waals surface area contributed by atoms with E-state index in [0.717, 1.165) is 32.9 Å². The lowest BCUT2D eigenvalue weighted by atomic mass is 9.84. The van der Waals surface area contributed by atoms with Crippen LogP contribution in [0.3, 0.4) is 0 Å². The molecule has 0 aliphatic heterocycles. The molecule has 5 aromatic rings. The van der Waals surface area contributed by atoms with Gasteiger partial charge in [0, 0.05) is 40.1 Å². The van der Waals surface area contributed by atoms with Gasteiger partial charge in [-0.3, -0.25) is 10.1 Å². The smallest absolute Gasteiger partial charge is 0.265 e. The van der Waals surface area contributed by atoms with Crippen molar-refractivity contribution in [3.63, 3.8) is 0 Å². The molecule has 154 valence electrons. The highest BCUT2D eigenvalue weighted by Crippen LogP contribution is 2.45. The van der Waals surface area contributed by atoms with Crippen LogP contribution in [0.15, 0.2) is 73.1 Å². The summed E-state index contributed by atoms with van der Waals surface area (Å²) in [5.41, 5.74) is 3.36. The first-order valence-electron chi connectivity index (χ1n) is 9.74. The second-order valence-corrected chi connectivity index (χ2v) is 7.33. The van der Waals surface area contributed by atoms with Crippen molar-refractivity contribution in [2.24, 2.45) is 0 Å². The van der Waals surface area contributed by atoms with Crippen LogP contribution >= 0.6 is 0 Å². The fourth-order valence-corrected chi connectivity index (χ4v) is 4.24. The largest absolute Gasteiger partial charge is 0.868 e. The quantitative estimate of drug-likeness (QED) is 0.319. The molecule has 2 aromatic heterocycles. The van der Waals surface area contributed by atoms with Gasteiger partial charge in [0.15, 0.2) is 0 Å². The average Bonchev–Trinajstić information content (AvgIpc) is 3.40. The van der Waals surface area contributed by atoms with E-state index in [1.807, 2.05) is 60.9 Å². The Morgan fingerprint density at radius 1 is 0.871 bits per heavy atom. The minimum Gasteiger partial charge on any atom is -0.868 e. The SMILES string of the molecule is COc1cc(C(c2c[nH]c3ccccc23)c2c[nH]c3ccccc23)c([O-])c([N+](=O)[O-])c1. The first-order chi connectivity index (χ1) is 15.1. The van der Waals surface area contributed by atoms with Crippen molar-refractivity contribution in [1.82, 2.24) is 9.97 Å². The number of benzene rings is 3. The Morgan fingerprint density at radius 3 is 1.94 bits per heavy atom. The van der Waals surface area contributed by atoms with E-state index in [2.05, 4.69) is 9.97 Å². The summed E-state index contributed by atoms with van der Waals surface area (Å²) in [5.74, 6) is -0.883. The Kier molecular flexibility index (Phi) is 4.36. The Morgan fingerprint density at radius 2 is 1.42 bits per heavy atom. The van der Waals surface area contributed by atoms with E-state index < -0.39 is 22.3 Å². The molecule has 0 bridgehead atoms. The lowest BCUT2D eigenvalue weighted by molar-refractivity contribution is -0.398. The van der Waals surface area contributed by atoms with Crippen LogP contribution in [-0.4, -0.2) is 22.0 Å². The number of hydrogen-bond donors (Lipinski definition) is 2. The van der Waals surface area contributed by atoms with E-state index in [1.54, 1.807) is 6.07 Å². The minimum absolute atomic E-state index is 0.269. The molecule has 0 aliphatic rings. The third-order valence-corrected chi connectivity index (χ3v) is 5.68. The summed E-state index contributed by atoms with van der Waals surface area (Å²) < 4.78 is 5.30. The zero-order valence-electron chi connectivity index (χ0n) is 16.6. The molecule has 31 heavy (non-hydrogen) atoms. The van der Waals surface area contributed by atoms with Crippen molar-refractivity contribution in [2.75, 3.05) is 7.11 Å². The lowest BCUT2D eigenvalue weighted by Crippen LogP contribution is -2.09. The zero-order valence-corrected chi connectivity index (χ0v) is 16.6. The van der Waals surface area contributed by atoms with Crippen LogP contribution in [0.1, 0.15) is 22.6 Å². The molecule has 0 saturated heterocycles. The topological polar surface area (TPSA) is 107 Å². The second kappa shape index (κ2) is 7.21. The summed E-state index contributed by atoms with van der Waals surface area (Å²) in [5, 5.41) is 26.8. The van der Waals surface area contributed by atoms with Crippen LogP contribution in [0, 0.1) is 10.1 Å². The fourth-order valence-electron chi connectivity index (χ4n) is 4.24. The first-order valence-corrected chi connectivity index (χ1v) is 9.74. The van der Waals surface area contributed by atoms with E-state index in [1.165, 1.54) is 13.2 Å². The molecule has 3 aromatic carbocycles. The molecule has 0 spiro atoms. The molecule has 0 radical (unpaired) electrons. The number of fused-ring (bicyclic) bond motifs is 2. The van der Waals surface area contributed by atoms with E-state index in [0.29, 0.717) is 5.56 Å². The Hall–Kier alpha value is -4.26. The Labute approximate surface area is 177 Å². The molecule has 7 heteroatoms. The number of nitro benzene ring substituents is 1. The maximum atomic E-state index is 13.3. The van der Waals surface area contributed by atoms with Gasteiger partial charge in [0.25, 0.3) is 5.69 Å². The molecular weight excluding hydrogens is 394 g/mol. The van der Waals surface area contributed by atoms with Gasteiger partial charge < -0.3 is 19.8 Å². The van der Waals surface area contributed by atoms with Crippen LogP contribution in [-0.2, 0) is 0 Å². The molecule has 0 fully saturated rings. The van der Waals surface area contributed by atoms with E-state index >= 15 is 0 Å². The van der Waals surface area contributed by atoms with Gasteiger partial charge in [-0.25, -0.2) is 0 Å². The maximum Gasteiger partial charge on any atom is 0.265 e. The molecule has 2 heterocycles. The van der Waals surface area contributed by atoms with E-state index in [9.17, 15) is 15.2 Å². The van der Waals surface area contributed by atoms with Gasteiger partial charge in [-0.1, -0.05) is 36.4 Å². The predicted octanol–water partition coefficient (Wildman–Crippen LogP) is 4.82. The normalized spacial score (nSPS) is 11.4. The number of H-pyrrole nitrogens is 2. The van der Waals surface area contributed by atoms with Crippen LogP contribution in [0.2, 0.25) is 0 Å². The Balaban J connectivity index is 1.86. The third-order valence-electron chi connectivity index (χ3n) is 5.68. The average molecular weight is 412 g/mol. The van der Waals surface area contributed by atoms with Gasteiger partial charge in [-0.05, 0) is 40.6 Å². The van der Waals surface area contributed by atoms with Crippen molar-refractivity contribution in [3.8, 4) is 11.5 Å². The standard InChI is InChI=1S/C24H19N3O4/c1-31-14-10-17(24(28)22(11-14)27(29)30)23(18-12-25-20-8-4-2-6-15(18)20)19-13-26-21-9-5-3-7-16(19)21/h2-13,23,25-26,28H,1H3/p-1. The number of rotatable bonds is 5. The van der Waals surface area contributed by atoms with Crippen LogP contribution in [0.4, 0.5) is 5.69 Å². The molecule has 2 N–H and O–H groups in total. The number of aromatic amines is 2. The number of aromatic nitrogens is 2. The summed E-state index contributed by atoms with van der Waals surface area (Å²) in [6.07, 6.45) is 3.73. The highest BCUT2D eigenvalue weighted by atomic mass is 16.6. The number of nitro groups is 1. The summed E-state index contributed by atoms with van der Waals surface area (Å²) in [7, 11) is 1.43. The summed E-state index contributed by atoms with van der Waals surface area (Å²) in [6.45, 7) is 0. The number of nitrogens with one attached hydrogen (secondary N) is 2. The van der Waals surface area contributed by atoms with Gasteiger partial charge in [0.1, 0.15) is 5.75 Å². The summed E-state index contributed by atoms with van der Waals surface area (Å²) in [6, 6.07) is 18.4. The van der Waals surface area contributed by atoms with Gasteiger partial charge in [-0.15, -0.1) is 0 Å². The molecule has 0 amide bonds. The fraction of sp³-hybridized carbons (Fsp3) is 0.0833. The molecule has 0 unspecified atom stereocenters. The van der Waals surface area contributed by atoms with E-state index in [4.69, 9.17) is 4.74 Å². The van der Waals surface area contributed by atoms with Crippen molar-refractivity contribution in [3.05, 3.63) is 99.9 Å². The monoisotopic (exact) mass is 412 g/mol. The minimum atomic E-state index is -0.657. The molecule has 0 atom stereocenters. The van der Waals surface area contributed by atoms with Gasteiger partial charge in [-0.2, -0.15) is 0 Å². The van der Waals surface area contributed by atoms with Crippen molar-refractivity contribution >= 4 is 27.5 Å². The molecule has 0 saturated carbocycles. The lowest BCUT2D eigenvalue weighted by Gasteiger charge is -2.24. The van der Waals surface area contributed by atoms with Gasteiger partial charge in [0.05, 0.1) is 18.1 Å². The molecule has 7 nitrogen and oxygen atoms in total. The summed E-state index contributed by atoms with van der Waals surface area (Å²) in [4.78, 5) is 17.5. The van der Waals surface area contributed by atoms with Gasteiger partial charge in [0.2, 0.25) is 0 Å². The second-order valence-electron chi connectivity index (χ2n) is 7.33. The predicted molar refractivity (Wildman–Crippen MR) is 117 cm³/mol. The highest BCUT2D eigenvalue weighted by Gasteiger charge is 2.27. The first kappa shape index (κ1) is 18.7. The van der Waals surface area contributed by atoms with Gasteiger partial charge >= 0.3 is 0 Å². The molecule has 5 rings (SSSR count). The Bertz CT molecular complexity index is 1360. The van der Waals surface area contributed by atoms with Crippen LogP contribution < -0.4 is 9.84 Å². The molecular formula is C24H18N3O4-. The van der Waals surface area contributed by atoms with Crippen LogP contribution in [0.25, 0.3) is 21.8 Å². The summed E-state index contributed by atoms with van der Waals surface area (Å²) >= 11 is 0. The van der Waals surface area contributed by atoms with Crippen molar-refractivity contribution in [1.29, 1.82) is 0 Å². The number of methoxy groups -OCH3 is 1. The highest BCUT2D eigenvalue weighted by molar-refractivity contribution is 5.89. The van der Waals surface area contributed by atoms with E-state index in [-0.39, 0.29) is 5.75 Å². The molecule has 0 aliphatic carbocycles. The van der Waals surface area contributed by atoms with Crippen molar-refractivity contribution in [2.45, 2.75) is 5.92 Å². The number of para-hydroxylation sites is 2. The van der Waals surface area contributed by atoms with Crippen LogP contribution in [0.5, 0.6) is 11.5 Å². The number of ether oxygens (including phenoxy) is 1. The zero-order chi connectivity index (χ0) is 21.5.